The molecule has 8 heteroatoms. The number of rotatable bonds is 5. The standard InChI is InChI=1S/C18H25N5O2S/c1-3-19-18(25)23-10-8-22(9-11-23)16(24)12-26-13(2)17-20-14-6-4-5-7-15(14)21-17/h4-7,13H,3,8-12H2,1-2H3,(H,19,25)(H,20,21). The number of nitrogens with one attached hydrogen (secondary N) is 2. The van der Waals surface area contributed by atoms with E-state index in [0.717, 1.165) is 16.9 Å². The van der Waals surface area contributed by atoms with Crippen molar-refractivity contribution in [1.29, 1.82) is 0 Å². The van der Waals surface area contributed by atoms with Crippen LogP contribution in [0.4, 0.5) is 4.79 Å². The number of nitrogens with zero attached hydrogens (tertiary/aromatic N) is 3. The fourth-order valence-electron chi connectivity index (χ4n) is 2.95. The molecule has 0 aliphatic carbocycles. The highest BCUT2D eigenvalue weighted by atomic mass is 32.2. The van der Waals surface area contributed by atoms with Gasteiger partial charge >= 0.3 is 6.03 Å². The third kappa shape index (κ3) is 4.30. The Kier molecular flexibility index (Phi) is 6.03. The lowest BCUT2D eigenvalue weighted by molar-refractivity contribution is -0.129. The molecule has 0 bridgehead atoms. The van der Waals surface area contributed by atoms with Crippen LogP contribution in [0.2, 0.25) is 0 Å². The molecule has 1 saturated heterocycles. The van der Waals surface area contributed by atoms with Gasteiger partial charge in [0.25, 0.3) is 0 Å². The Balaban J connectivity index is 1.47. The first-order valence-corrected chi connectivity index (χ1v) is 10.00. The summed E-state index contributed by atoms with van der Waals surface area (Å²) in [5.74, 6) is 1.43. The second-order valence-electron chi connectivity index (χ2n) is 6.30. The zero-order valence-electron chi connectivity index (χ0n) is 15.2. The van der Waals surface area contributed by atoms with Crippen molar-refractivity contribution in [1.82, 2.24) is 25.1 Å². The molecule has 0 saturated carbocycles. The summed E-state index contributed by atoms with van der Waals surface area (Å²) in [6.07, 6.45) is 0. The number of hydrogen-bond acceptors (Lipinski definition) is 4. The van der Waals surface area contributed by atoms with Gasteiger partial charge in [-0.15, -0.1) is 11.8 Å². The Morgan fingerprint density at radius 2 is 1.92 bits per heavy atom. The lowest BCUT2D eigenvalue weighted by Crippen LogP contribution is -2.53. The highest BCUT2D eigenvalue weighted by molar-refractivity contribution is 8.00. The summed E-state index contributed by atoms with van der Waals surface area (Å²) in [6, 6.07) is 7.88. The number of amides is 3. The third-order valence-electron chi connectivity index (χ3n) is 4.50. The van der Waals surface area contributed by atoms with E-state index in [1.165, 1.54) is 0 Å². The van der Waals surface area contributed by atoms with Gasteiger partial charge < -0.3 is 20.1 Å². The number of thioether (sulfide) groups is 1. The largest absolute Gasteiger partial charge is 0.341 e. The first-order valence-electron chi connectivity index (χ1n) is 8.95. The van der Waals surface area contributed by atoms with Crippen LogP contribution < -0.4 is 5.32 Å². The first-order chi connectivity index (χ1) is 12.6. The van der Waals surface area contributed by atoms with Crippen LogP contribution in [0.1, 0.15) is 24.9 Å². The summed E-state index contributed by atoms with van der Waals surface area (Å²) >= 11 is 1.58. The Morgan fingerprint density at radius 3 is 2.62 bits per heavy atom. The minimum Gasteiger partial charge on any atom is -0.341 e. The Morgan fingerprint density at radius 1 is 1.23 bits per heavy atom. The minimum atomic E-state index is -0.0486. The predicted molar refractivity (Wildman–Crippen MR) is 104 cm³/mol. The molecule has 0 spiro atoms. The van der Waals surface area contributed by atoms with Crippen molar-refractivity contribution in [2.75, 3.05) is 38.5 Å². The summed E-state index contributed by atoms with van der Waals surface area (Å²) in [7, 11) is 0. The topological polar surface area (TPSA) is 81.3 Å². The maximum absolute atomic E-state index is 12.5. The van der Waals surface area contributed by atoms with Crippen LogP contribution in [0.3, 0.4) is 0 Å². The molecule has 1 atom stereocenters. The van der Waals surface area contributed by atoms with E-state index in [1.807, 2.05) is 36.1 Å². The number of para-hydroxylation sites is 2. The molecule has 2 heterocycles. The van der Waals surface area contributed by atoms with Crippen molar-refractivity contribution in [3.63, 3.8) is 0 Å². The normalized spacial score (nSPS) is 15.9. The summed E-state index contributed by atoms with van der Waals surface area (Å²) in [5.41, 5.74) is 1.96. The smallest absolute Gasteiger partial charge is 0.317 e. The number of benzene rings is 1. The van der Waals surface area contributed by atoms with E-state index in [1.54, 1.807) is 16.7 Å². The second kappa shape index (κ2) is 8.44. The predicted octanol–water partition coefficient (Wildman–Crippen LogP) is 2.23. The van der Waals surface area contributed by atoms with E-state index in [-0.39, 0.29) is 17.2 Å². The molecule has 3 rings (SSSR count). The van der Waals surface area contributed by atoms with Gasteiger partial charge in [-0.25, -0.2) is 9.78 Å². The summed E-state index contributed by atoms with van der Waals surface area (Å²) in [5, 5.41) is 2.91. The van der Waals surface area contributed by atoms with Crippen LogP contribution in [0, 0.1) is 0 Å². The molecule has 1 aromatic carbocycles. The Bertz CT molecular complexity index is 737. The van der Waals surface area contributed by atoms with E-state index < -0.39 is 0 Å². The van der Waals surface area contributed by atoms with Gasteiger partial charge in [0.15, 0.2) is 0 Å². The molecule has 2 aromatic rings. The number of urea groups is 1. The molecule has 3 amide bonds. The van der Waals surface area contributed by atoms with Crippen molar-refractivity contribution < 1.29 is 9.59 Å². The molecule has 1 aromatic heterocycles. The number of aromatic amines is 1. The lowest BCUT2D eigenvalue weighted by atomic mass is 10.3. The van der Waals surface area contributed by atoms with Crippen LogP contribution in [-0.2, 0) is 4.79 Å². The molecule has 1 aliphatic heterocycles. The Labute approximate surface area is 157 Å². The van der Waals surface area contributed by atoms with E-state index in [2.05, 4.69) is 22.2 Å². The number of carbonyl (C=O) groups excluding carboxylic acids is 2. The van der Waals surface area contributed by atoms with E-state index in [4.69, 9.17) is 0 Å². The molecule has 1 unspecified atom stereocenters. The molecular weight excluding hydrogens is 350 g/mol. The summed E-state index contributed by atoms with van der Waals surface area (Å²) in [4.78, 5) is 35.8. The highest BCUT2D eigenvalue weighted by Crippen LogP contribution is 2.28. The zero-order valence-corrected chi connectivity index (χ0v) is 16.0. The SMILES string of the molecule is CCNC(=O)N1CCN(C(=O)CSC(C)c2nc3ccccc3[nH]2)CC1. The van der Waals surface area contributed by atoms with E-state index in [9.17, 15) is 9.59 Å². The van der Waals surface area contributed by atoms with Gasteiger partial charge in [0.2, 0.25) is 5.91 Å². The molecule has 26 heavy (non-hydrogen) atoms. The summed E-state index contributed by atoms with van der Waals surface area (Å²) in [6.45, 7) is 6.93. The molecule has 1 fully saturated rings. The number of aromatic nitrogens is 2. The number of hydrogen-bond donors (Lipinski definition) is 2. The van der Waals surface area contributed by atoms with Gasteiger partial charge in [-0.2, -0.15) is 0 Å². The monoisotopic (exact) mass is 375 g/mol. The minimum absolute atomic E-state index is 0.0486. The van der Waals surface area contributed by atoms with Crippen LogP contribution in [0.5, 0.6) is 0 Å². The summed E-state index contributed by atoms with van der Waals surface area (Å²) < 4.78 is 0. The molecule has 1 aliphatic rings. The average molecular weight is 375 g/mol. The van der Waals surface area contributed by atoms with Gasteiger partial charge in [0.05, 0.1) is 22.0 Å². The zero-order chi connectivity index (χ0) is 18.5. The number of piperazine rings is 1. The third-order valence-corrected chi connectivity index (χ3v) is 5.63. The number of fused-ring (bicyclic) bond motifs is 1. The lowest BCUT2D eigenvalue weighted by Gasteiger charge is -2.34. The number of H-pyrrole nitrogens is 1. The van der Waals surface area contributed by atoms with Crippen molar-refractivity contribution in [3.8, 4) is 0 Å². The van der Waals surface area contributed by atoms with Crippen LogP contribution in [-0.4, -0.2) is 70.2 Å². The van der Waals surface area contributed by atoms with Crippen LogP contribution in [0.15, 0.2) is 24.3 Å². The van der Waals surface area contributed by atoms with Crippen molar-refractivity contribution in [3.05, 3.63) is 30.1 Å². The molecular formula is C18H25N5O2S. The van der Waals surface area contributed by atoms with E-state index in [0.29, 0.717) is 38.5 Å². The fourth-order valence-corrected chi connectivity index (χ4v) is 3.80. The maximum Gasteiger partial charge on any atom is 0.317 e. The Hall–Kier alpha value is -2.22. The van der Waals surface area contributed by atoms with Gasteiger partial charge in [-0.05, 0) is 26.0 Å². The number of carbonyl (C=O) groups is 2. The highest BCUT2D eigenvalue weighted by Gasteiger charge is 2.24. The fraction of sp³-hybridized carbons (Fsp3) is 0.500. The maximum atomic E-state index is 12.5. The quantitative estimate of drug-likeness (QED) is 0.840. The van der Waals surface area contributed by atoms with Gasteiger partial charge in [-0.1, -0.05) is 12.1 Å². The van der Waals surface area contributed by atoms with Crippen molar-refractivity contribution >= 4 is 34.7 Å². The van der Waals surface area contributed by atoms with Gasteiger partial charge in [0.1, 0.15) is 5.82 Å². The molecule has 2 N–H and O–H groups in total. The second-order valence-corrected chi connectivity index (χ2v) is 7.62. The van der Waals surface area contributed by atoms with Crippen LogP contribution >= 0.6 is 11.8 Å². The van der Waals surface area contributed by atoms with Crippen molar-refractivity contribution in [2.45, 2.75) is 19.1 Å². The first kappa shape index (κ1) is 18.6. The molecule has 140 valence electrons. The van der Waals surface area contributed by atoms with Crippen molar-refractivity contribution in [2.24, 2.45) is 0 Å². The molecule has 7 nitrogen and oxygen atoms in total. The van der Waals surface area contributed by atoms with Gasteiger partial charge in [-0.3, -0.25) is 4.79 Å². The average Bonchev–Trinajstić information content (AvgIpc) is 3.10. The number of imidazole rings is 1. The van der Waals surface area contributed by atoms with Crippen LogP contribution in [0.25, 0.3) is 11.0 Å². The van der Waals surface area contributed by atoms with E-state index >= 15 is 0 Å². The molecule has 0 radical (unpaired) electrons. The van der Waals surface area contributed by atoms with Gasteiger partial charge in [0, 0.05) is 32.7 Å².